The number of benzene rings is 3. The third-order valence-corrected chi connectivity index (χ3v) is 8.88. The summed E-state index contributed by atoms with van der Waals surface area (Å²) in [5.74, 6) is -7.63. The van der Waals surface area contributed by atoms with E-state index in [1.807, 2.05) is 37.4 Å². The van der Waals surface area contributed by atoms with E-state index in [0.717, 1.165) is 30.8 Å². The lowest BCUT2D eigenvalue weighted by atomic mass is 9.95. The van der Waals surface area contributed by atoms with Gasteiger partial charge in [0.2, 0.25) is 5.78 Å². The molecule has 0 saturated carbocycles. The number of aromatic nitrogens is 2. The van der Waals surface area contributed by atoms with E-state index >= 15 is 0 Å². The molecule has 5 aromatic rings. The SMILES string of the molecule is C.C=C(Cc1c(-c2ccc(F)cc2F)cc(Cl)nc1Cl)C(=O)C(=O)OCC.CC(=O)O.CCOC(=O)C(=O)CCc1c(-c2ccc(F)cc2F)cc(Cl)nc1Cl.CNc1ccccc1. The molecule has 64 heavy (non-hydrogen) atoms. The summed E-state index contributed by atoms with van der Waals surface area (Å²) < 4.78 is 63.9. The average Bonchev–Trinajstić information content (AvgIpc) is 3.21. The number of pyridine rings is 2. The molecule has 0 fully saturated rings. The Kier molecular flexibility index (Phi) is 24.6. The van der Waals surface area contributed by atoms with Gasteiger partial charge in [-0.25, -0.2) is 37.1 Å². The van der Waals surface area contributed by atoms with Gasteiger partial charge in [0.15, 0.2) is 0 Å². The first kappa shape index (κ1) is 56.1. The molecular formula is C45H43Cl4F4N3O8. The highest BCUT2D eigenvalue weighted by Gasteiger charge is 2.24. The first-order valence-electron chi connectivity index (χ1n) is 18.4. The number of Topliss-reactive ketones (excluding diaryl/α,β-unsaturated/α-hetero) is 2. The molecule has 0 spiro atoms. The predicted molar refractivity (Wildman–Crippen MR) is 240 cm³/mol. The number of para-hydroxylation sites is 1. The molecule has 0 aliphatic carbocycles. The molecule has 3 aromatic carbocycles. The Bertz CT molecular complexity index is 2440. The number of ketones is 2. The maximum atomic E-state index is 14.2. The zero-order chi connectivity index (χ0) is 47.4. The van der Waals surface area contributed by atoms with Crippen molar-refractivity contribution in [2.75, 3.05) is 25.6 Å². The molecule has 2 heterocycles. The summed E-state index contributed by atoms with van der Waals surface area (Å²) in [5, 5.41) is 10.3. The van der Waals surface area contributed by atoms with E-state index in [4.69, 9.17) is 56.3 Å². The Morgan fingerprint density at radius 2 is 1.12 bits per heavy atom. The van der Waals surface area contributed by atoms with E-state index in [1.54, 1.807) is 13.8 Å². The highest BCUT2D eigenvalue weighted by molar-refractivity contribution is 6.40. The maximum absolute atomic E-state index is 14.2. The quantitative estimate of drug-likeness (QED) is 0.0380. The minimum absolute atomic E-state index is 0. The van der Waals surface area contributed by atoms with Crippen molar-refractivity contribution < 1.29 is 56.1 Å². The lowest BCUT2D eigenvalue weighted by molar-refractivity contribution is -0.153. The fourth-order valence-electron chi connectivity index (χ4n) is 5.12. The Hall–Kier alpha value is -5.87. The number of nitrogens with one attached hydrogen (secondary N) is 1. The van der Waals surface area contributed by atoms with Gasteiger partial charge in [0.05, 0.1) is 13.2 Å². The van der Waals surface area contributed by atoms with Gasteiger partial charge in [-0.1, -0.05) is 78.6 Å². The third-order valence-electron chi connectivity index (χ3n) is 7.87. The third kappa shape index (κ3) is 18.1. The Labute approximate surface area is 387 Å². The van der Waals surface area contributed by atoms with Gasteiger partial charge in [-0.15, -0.1) is 0 Å². The lowest BCUT2D eigenvalue weighted by Gasteiger charge is -2.13. The van der Waals surface area contributed by atoms with Crippen molar-refractivity contribution >= 4 is 81.6 Å². The van der Waals surface area contributed by atoms with Crippen LogP contribution in [0.5, 0.6) is 0 Å². The largest absolute Gasteiger partial charge is 0.481 e. The predicted octanol–water partition coefficient (Wildman–Crippen LogP) is 11.4. The van der Waals surface area contributed by atoms with Crippen LogP contribution in [0.15, 0.2) is 91.0 Å². The van der Waals surface area contributed by atoms with Crippen molar-refractivity contribution in [3.8, 4) is 22.3 Å². The number of aliphatic carboxylic acids is 1. The van der Waals surface area contributed by atoms with Crippen molar-refractivity contribution in [3.05, 3.63) is 146 Å². The number of rotatable bonds is 13. The lowest BCUT2D eigenvalue weighted by Crippen LogP contribution is -2.20. The standard InChI is InChI=1S/C18H13Cl2F2NO3.C17H13Cl2F2NO3.C7H9N.C2H4O2.CH4/c1-3-26-18(25)16(24)9(2)6-13-12(8-15(19)23-17(13)20)11-5-4-10(21)7-14(11)22;1-2-25-17(24)14(23)6-5-11-12(8-15(18)22-16(11)19)10-4-3-9(20)7-13(10)21;1-8-7-5-3-2-4-6-7;1-2(3)4;/h4-5,7-8H,2-3,6H2,1H3;3-4,7-8H,2,5-6H2,1H3;2-6,8H,1H3;1H3,(H,3,4);1H4. The van der Waals surface area contributed by atoms with E-state index in [1.165, 1.54) is 24.3 Å². The summed E-state index contributed by atoms with van der Waals surface area (Å²) >= 11 is 23.9. The van der Waals surface area contributed by atoms with Crippen LogP contribution in [0, 0.1) is 23.3 Å². The van der Waals surface area contributed by atoms with Crippen LogP contribution in [0.25, 0.3) is 22.3 Å². The molecule has 342 valence electrons. The van der Waals surface area contributed by atoms with E-state index in [0.29, 0.717) is 11.6 Å². The average molecular weight is 972 g/mol. The van der Waals surface area contributed by atoms with Gasteiger partial charge in [0, 0.05) is 66.9 Å². The molecule has 2 aromatic heterocycles. The number of halogens is 8. The number of carbonyl (C=O) groups is 5. The highest BCUT2D eigenvalue weighted by atomic mass is 35.5. The highest BCUT2D eigenvalue weighted by Crippen LogP contribution is 2.35. The topological polar surface area (TPSA) is 162 Å². The maximum Gasteiger partial charge on any atom is 0.379 e. The molecule has 0 radical (unpaired) electrons. The Morgan fingerprint density at radius 3 is 1.55 bits per heavy atom. The molecule has 0 aliphatic rings. The second-order valence-electron chi connectivity index (χ2n) is 12.4. The van der Waals surface area contributed by atoms with Gasteiger partial charge in [0.1, 0.15) is 43.9 Å². The van der Waals surface area contributed by atoms with E-state index < -0.39 is 52.7 Å². The summed E-state index contributed by atoms with van der Waals surface area (Å²) in [5.41, 5.74) is 2.17. The van der Waals surface area contributed by atoms with Crippen molar-refractivity contribution in [2.45, 2.75) is 47.5 Å². The van der Waals surface area contributed by atoms with Gasteiger partial charge in [-0.2, -0.15) is 0 Å². The van der Waals surface area contributed by atoms with Crippen LogP contribution in [-0.2, 0) is 46.3 Å². The summed E-state index contributed by atoms with van der Waals surface area (Å²) in [6.45, 7) is 7.91. The van der Waals surface area contributed by atoms with Crippen LogP contribution in [0.2, 0.25) is 20.6 Å². The molecular weight excluding hydrogens is 928 g/mol. The number of ether oxygens (including phenoxy) is 2. The molecule has 0 aliphatic heterocycles. The van der Waals surface area contributed by atoms with Crippen LogP contribution >= 0.6 is 46.4 Å². The number of anilines is 1. The van der Waals surface area contributed by atoms with Crippen LogP contribution in [0.4, 0.5) is 23.2 Å². The Morgan fingerprint density at radius 1 is 0.688 bits per heavy atom. The number of carboxylic acids is 1. The van der Waals surface area contributed by atoms with Crippen molar-refractivity contribution in [1.82, 2.24) is 9.97 Å². The Balaban J connectivity index is 0.000000502. The van der Waals surface area contributed by atoms with Gasteiger partial charge in [0.25, 0.3) is 11.8 Å². The number of carbonyl (C=O) groups excluding carboxylic acids is 4. The summed E-state index contributed by atoms with van der Waals surface area (Å²) in [6, 6.07) is 18.8. The zero-order valence-corrected chi connectivity index (χ0v) is 37.0. The fraction of sp³-hybridized carbons (Fsp3) is 0.222. The molecule has 5 rings (SSSR count). The van der Waals surface area contributed by atoms with Gasteiger partial charge in [-0.3, -0.25) is 14.4 Å². The smallest absolute Gasteiger partial charge is 0.379 e. The normalized spacial score (nSPS) is 9.88. The van der Waals surface area contributed by atoms with Crippen LogP contribution in [0.1, 0.15) is 45.7 Å². The molecule has 0 bridgehead atoms. The van der Waals surface area contributed by atoms with Crippen LogP contribution in [-0.4, -0.2) is 64.8 Å². The molecule has 0 unspecified atom stereocenters. The van der Waals surface area contributed by atoms with Gasteiger partial charge >= 0.3 is 11.9 Å². The first-order valence-corrected chi connectivity index (χ1v) is 19.9. The van der Waals surface area contributed by atoms with Crippen molar-refractivity contribution in [1.29, 1.82) is 0 Å². The molecule has 2 N–H and O–H groups in total. The van der Waals surface area contributed by atoms with Gasteiger partial charge < -0.3 is 19.9 Å². The second-order valence-corrected chi connectivity index (χ2v) is 13.9. The van der Waals surface area contributed by atoms with E-state index in [2.05, 4.69) is 31.3 Å². The number of hydrogen-bond donors (Lipinski definition) is 2. The molecule has 0 atom stereocenters. The molecule has 0 amide bonds. The summed E-state index contributed by atoms with van der Waals surface area (Å²) in [4.78, 5) is 63.4. The summed E-state index contributed by atoms with van der Waals surface area (Å²) in [6.07, 6.45) is -0.364. The molecule has 0 saturated heterocycles. The number of carboxylic acid groups (broad SMARTS) is 1. The minimum atomic E-state index is -1.05. The number of esters is 2. The summed E-state index contributed by atoms with van der Waals surface area (Å²) in [7, 11) is 1.91. The van der Waals surface area contributed by atoms with E-state index in [9.17, 15) is 36.7 Å². The van der Waals surface area contributed by atoms with Crippen molar-refractivity contribution in [2.24, 2.45) is 0 Å². The molecule has 19 heteroatoms. The second kappa shape index (κ2) is 28.0. The van der Waals surface area contributed by atoms with Crippen LogP contribution < -0.4 is 5.32 Å². The monoisotopic (exact) mass is 969 g/mol. The number of nitrogens with zero attached hydrogens (tertiary/aromatic N) is 2. The van der Waals surface area contributed by atoms with Crippen LogP contribution in [0.3, 0.4) is 0 Å². The number of hydrogen-bond acceptors (Lipinski definition) is 10. The first-order chi connectivity index (χ1) is 29.7. The van der Waals surface area contributed by atoms with E-state index in [-0.39, 0.29) is 93.9 Å². The molecule has 11 nitrogen and oxygen atoms in total. The van der Waals surface area contributed by atoms with Crippen molar-refractivity contribution in [3.63, 3.8) is 0 Å². The fourth-order valence-corrected chi connectivity index (χ4v) is 6.14. The minimum Gasteiger partial charge on any atom is -0.481 e. The van der Waals surface area contributed by atoms with Gasteiger partial charge in [-0.05, 0) is 85.5 Å². The zero-order valence-electron chi connectivity index (χ0n) is 34.0.